The molecule has 11 heteroatoms. The number of anilines is 1. The average molecular weight is 446 g/mol. The minimum Gasteiger partial charge on any atom is -0.395 e. The van der Waals surface area contributed by atoms with Gasteiger partial charge in [-0.05, 0) is 18.9 Å². The molecule has 1 fully saturated rings. The van der Waals surface area contributed by atoms with E-state index >= 15 is 0 Å². The second kappa shape index (κ2) is 9.13. The van der Waals surface area contributed by atoms with Crippen LogP contribution in [0.15, 0.2) is 34.2 Å². The molecule has 1 saturated heterocycles. The highest BCUT2D eigenvalue weighted by Crippen LogP contribution is 2.26. The van der Waals surface area contributed by atoms with Crippen molar-refractivity contribution in [2.45, 2.75) is 25.4 Å². The number of aliphatic hydroxyl groups is 1. The molecule has 3 aromatic heterocycles. The normalized spacial score (nSPS) is 15.0. The van der Waals surface area contributed by atoms with Gasteiger partial charge in [0.25, 0.3) is 0 Å². The van der Waals surface area contributed by atoms with Crippen molar-refractivity contribution in [3.63, 3.8) is 0 Å². The van der Waals surface area contributed by atoms with Crippen molar-refractivity contribution in [3.05, 3.63) is 56.0 Å². The number of hydrogen-bond donors (Lipinski definition) is 2. The van der Waals surface area contributed by atoms with Gasteiger partial charge in [-0.1, -0.05) is 11.6 Å². The number of pyridine rings is 1. The molecule has 0 unspecified atom stereocenters. The first kappa shape index (κ1) is 21.4. The van der Waals surface area contributed by atoms with Gasteiger partial charge in [0.2, 0.25) is 5.95 Å². The highest BCUT2D eigenvalue weighted by Gasteiger charge is 2.26. The predicted molar refractivity (Wildman–Crippen MR) is 118 cm³/mol. The Labute approximate surface area is 183 Å². The zero-order valence-electron chi connectivity index (χ0n) is 17.2. The summed E-state index contributed by atoms with van der Waals surface area (Å²) in [5.74, 6) is 0.635. The lowest BCUT2D eigenvalue weighted by atomic mass is 10.0. The smallest absolute Gasteiger partial charge is 0.318 e. The van der Waals surface area contributed by atoms with E-state index in [0.717, 1.165) is 5.56 Å². The van der Waals surface area contributed by atoms with E-state index in [1.165, 1.54) is 15.3 Å². The molecule has 4 rings (SSSR count). The molecule has 1 aliphatic rings. The van der Waals surface area contributed by atoms with Gasteiger partial charge in [0.15, 0.2) is 5.65 Å². The Morgan fingerprint density at radius 2 is 1.84 bits per heavy atom. The first-order valence-corrected chi connectivity index (χ1v) is 10.5. The molecule has 0 saturated carbocycles. The highest BCUT2D eigenvalue weighted by molar-refractivity contribution is 6.31. The Bertz CT molecular complexity index is 1180. The summed E-state index contributed by atoms with van der Waals surface area (Å²) in [5, 5.41) is 12.3. The van der Waals surface area contributed by atoms with Gasteiger partial charge < -0.3 is 19.9 Å². The van der Waals surface area contributed by atoms with E-state index in [2.05, 4.69) is 25.2 Å². The second-order valence-corrected chi connectivity index (χ2v) is 7.98. The van der Waals surface area contributed by atoms with Crippen LogP contribution >= 0.6 is 11.6 Å². The average Bonchev–Trinajstić information content (AvgIpc) is 2.79. The number of aromatic nitrogens is 5. The van der Waals surface area contributed by atoms with Crippen LogP contribution in [-0.2, 0) is 13.6 Å². The Morgan fingerprint density at radius 3 is 2.52 bits per heavy atom. The lowest BCUT2D eigenvalue weighted by molar-refractivity contribution is 0.292. The Morgan fingerprint density at radius 1 is 1.13 bits per heavy atom. The molecule has 0 amide bonds. The van der Waals surface area contributed by atoms with Crippen LogP contribution in [0.5, 0.6) is 0 Å². The van der Waals surface area contributed by atoms with Gasteiger partial charge in [0.05, 0.1) is 17.1 Å². The van der Waals surface area contributed by atoms with Crippen molar-refractivity contribution >= 4 is 28.7 Å². The van der Waals surface area contributed by atoms with Crippen molar-refractivity contribution in [2.75, 3.05) is 31.1 Å². The molecular formula is C20H24ClN7O3. The molecule has 0 aromatic carbocycles. The van der Waals surface area contributed by atoms with E-state index < -0.39 is 11.1 Å². The number of aliphatic hydroxyl groups excluding tert-OH is 1. The van der Waals surface area contributed by atoms with Crippen LogP contribution < -0.4 is 21.3 Å². The van der Waals surface area contributed by atoms with Gasteiger partial charge in [-0.3, -0.25) is 14.2 Å². The lowest BCUT2D eigenvalue weighted by Gasteiger charge is -2.33. The first-order valence-electron chi connectivity index (χ1n) is 10.1. The molecule has 10 nitrogen and oxygen atoms in total. The molecule has 4 heterocycles. The van der Waals surface area contributed by atoms with Gasteiger partial charge in [-0.15, -0.1) is 0 Å². The predicted octanol–water partition coefficient (Wildman–Crippen LogP) is 0.462. The largest absolute Gasteiger partial charge is 0.395 e. The van der Waals surface area contributed by atoms with Gasteiger partial charge in [-0.2, -0.15) is 0 Å². The fourth-order valence-electron chi connectivity index (χ4n) is 3.88. The van der Waals surface area contributed by atoms with Gasteiger partial charge >= 0.3 is 11.1 Å². The Kier molecular flexibility index (Phi) is 6.30. The van der Waals surface area contributed by atoms with Crippen molar-refractivity contribution in [1.82, 2.24) is 29.4 Å². The maximum Gasteiger partial charge on any atom is 0.318 e. The van der Waals surface area contributed by atoms with Crippen LogP contribution in [0, 0.1) is 0 Å². The number of rotatable bonds is 6. The van der Waals surface area contributed by atoms with Crippen LogP contribution in [0.4, 0.5) is 5.95 Å². The van der Waals surface area contributed by atoms with E-state index in [9.17, 15) is 9.59 Å². The molecule has 0 bridgehead atoms. The number of nitrogens with one attached hydrogen (secondary N) is 1. The number of aryl methyl sites for hydroxylation is 1. The first-order chi connectivity index (χ1) is 15.0. The van der Waals surface area contributed by atoms with Crippen molar-refractivity contribution < 1.29 is 5.11 Å². The third-order valence-electron chi connectivity index (χ3n) is 5.53. The van der Waals surface area contributed by atoms with Gasteiger partial charge in [-0.25, -0.2) is 15.0 Å². The third-order valence-corrected chi connectivity index (χ3v) is 5.74. The maximum absolute atomic E-state index is 12.8. The topological polar surface area (TPSA) is 118 Å². The maximum atomic E-state index is 12.8. The van der Waals surface area contributed by atoms with E-state index in [0.29, 0.717) is 61.2 Å². The molecular weight excluding hydrogens is 422 g/mol. The summed E-state index contributed by atoms with van der Waals surface area (Å²) in [4.78, 5) is 40.6. The summed E-state index contributed by atoms with van der Waals surface area (Å²) in [6.45, 7) is 2.52. The zero-order valence-corrected chi connectivity index (χ0v) is 17.9. The van der Waals surface area contributed by atoms with Crippen LogP contribution in [0.1, 0.15) is 24.4 Å². The molecule has 0 radical (unpaired) electrons. The monoisotopic (exact) mass is 445 g/mol. The summed E-state index contributed by atoms with van der Waals surface area (Å²) in [5.41, 5.74) is 0.779. The Hall–Kier alpha value is -2.82. The number of nitrogens with zero attached hydrogens (tertiary/aromatic N) is 6. The third kappa shape index (κ3) is 4.32. The molecule has 164 valence electrons. The van der Waals surface area contributed by atoms with E-state index in [4.69, 9.17) is 16.7 Å². The molecule has 3 aromatic rings. The van der Waals surface area contributed by atoms with E-state index in [1.807, 2.05) is 0 Å². The number of piperidine rings is 1. The SMILES string of the molecule is Cn1c(=O)c(=O)n(C2CCN(c3ncc(CNCCO)cn3)CC2)c2ncc(Cl)cc21. The van der Waals surface area contributed by atoms with Gasteiger partial charge in [0.1, 0.15) is 0 Å². The summed E-state index contributed by atoms with van der Waals surface area (Å²) >= 11 is 6.05. The second-order valence-electron chi connectivity index (χ2n) is 7.55. The van der Waals surface area contributed by atoms with Crippen LogP contribution in [-0.4, -0.2) is 55.4 Å². The molecule has 0 atom stereocenters. The summed E-state index contributed by atoms with van der Waals surface area (Å²) in [6.07, 6.45) is 6.35. The summed E-state index contributed by atoms with van der Waals surface area (Å²) in [6, 6.07) is 1.51. The van der Waals surface area contributed by atoms with Crippen LogP contribution in [0.25, 0.3) is 11.2 Å². The van der Waals surface area contributed by atoms with Crippen LogP contribution in [0.2, 0.25) is 5.02 Å². The highest BCUT2D eigenvalue weighted by atomic mass is 35.5. The fourth-order valence-corrected chi connectivity index (χ4v) is 4.04. The minimum absolute atomic E-state index is 0.0856. The van der Waals surface area contributed by atoms with E-state index in [-0.39, 0.29) is 12.6 Å². The number of fused-ring (bicyclic) bond motifs is 1. The van der Waals surface area contributed by atoms with Crippen molar-refractivity contribution in [3.8, 4) is 0 Å². The standard InChI is InChI=1S/C20H24ClN7O3/c1-26-16-8-14(21)12-23-17(16)28(19(31)18(26)30)15-2-5-27(6-3-15)20-24-10-13(11-25-20)9-22-4-7-29/h8,10-12,15,22,29H,2-7,9H2,1H3. The molecule has 0 spiro atoms. The number of halogens is 1. The number of hydrogen-bond acceptors (Lipinski definition) is 8. The van der Waals surface area contributed by atoms with Gasteiger partial charge in [0, 0.05) is 63.4 Å². The summed E-state index contributed by atoms with van der Waals surface area (Å²) in [7, 11) is 1.55. The molecule has 1 aliphatic heterocycles. The molecule has 0 aliphatic carbocycles. The van der Waals surface area contributed by atoms with Crippen molar-refractivity contribution in [1.29, 1.82) is 0 Å². The van der Waals surface area contributed by atoms with Crippen LogP contribution in [0.3, 0.4) is 0 Å². The van der Waals surface area contributed by atoms with E-state index in [1.54, 1.807) is 25.5 Å². The Balaban J connectivity index is 1.52. The minimum atomic E-state index is -0.590. The molecule has 2 N–H and O–H groups in total. The zero-order chi connectivity index (χ0) is 22.0. The van der Waals surface area contributed by atoms with Crippen molar-refractivity contribution in [2.24, 2.45) is 7.05 Å². The quantitative estimate of drug-likeness (QED) is 0.415. The summed E-state index contributed by atoms with van der Waals surface area (Å²) < 4.78 is 2.81. The lowest BCUT2D eigenvalue weighted by Crippen LogP contribution is -2.45. The fraction of sp³-hybridized carbons (Fsp3) is 0.450. The molecule has 31 heavy (non-hydrogen) atoms.